The molecule has 2 heterocycles. The molecule has 0 saturated carbocycles. The number of pyridine rings is 1. The molecule has 7 nitrogen and oxygen atoms in total. The van der Waals surface area contributed by atoms with Crippen molar-refractivity contribution in [2.75, 3.05) is 11.9 Å². The van der Waals surface area contributed by atoms with Crippen LogP contribution in [0.1, 0.15) is 34.8 Å². The maximum absolute atomic E-state index is 11.8. The summed E-state index contributed by atoms with van der Waals surface area (Å²) in [7, 11) is 0. The average Bonchev–Trinajstić information content (AvgIpc) is 2.88. The van der Waals surface area contributed by atoms with Crippen molar-refractivity contribution in [3.05, 3.63) is 44.4 Å². The number of anilines is 1. The van der Waals surface area contributed by atoms with Crippen molar-refractivity contribution >= 4 is 49.6 Å². The van der Waals surface area contributed by atoms with Gasteiger partial charge in [-0.15, -0.1) is 0 Å². The lowest BCUT2D eigenvalue weighted by Gasteiger charge is -2.14. The van der Waals surface area contributed by atoms with E-state index >= 15 is 0 Å². The molecular formula is C15H14Br2N2O5. The van der Waals surface area contributed by atoms with E-state index in [1.54, 1.807) is 19.9 Å². The lowest BCUT2D eigenvalue weighted by atomic mass is 10.2. The molecule has 0 bridgehead atoms. The second-order valence-corrected chi connectivity index (χ2v) is 6.51. The smallest absolute Gasteiger partial charge is 0.341 e. The zero-order valence-corrected chi connectivity index (χ0v) is 16.0. The monoisotopic (exact) mass is 460 g/mol. The number of aromatic nitrogens is 1. The Balaban J connectivity index is 2.33. The Hall–Kier alpha value is -1.87. The second-order valence-electron chi connectivity index (χ2n) is 4.74. The van der Waals surface area contributed by atoms with Crippen molar-refractivity contribution in [1.29, 1.82) is 0 Å². The van der Waals surface area contributed by atoms with Crippen molar-refractivity contribution in [1.82, 2.24) is 4.98 Å². The predicted molar refractivity (Wildman–Crippen MR) is 93.0 cm³/mol. The molecule has 0 aliphatic carbocycles. The fourth-order valence-corrected chi connectivity index (χ4v) is 3.07. The summed E-state index contributed by atoms with van der Waals surface area (Å²) < 4.78 is 11.7. The summed E-state index contributed by atoms with van der Waals surface area (Å²) in [6.07, 6.45) is 1.53. The van der Waals surface area contributed by atoms with Crippen molar-refractivity contribution in [3.63, 3.8) is 0 Å². The molecular weight excluding hydrogens is 448 g/mol. The summed E-state index contributed by atoms with van der Waals surface area (Å²) in [6.45, 7) is 3.48. The predicted octanol–water partition coefficient (Wildman–Crippen LogP) is 3.92. The van der Waals surface area contributed by atoms with Gasteiger partial charge in [0.1, 0.15) is 22.9 Å². The second kappa shape index (κ2) is 7.80. The average molecular weight is 462 g/mol. The number of hydrogen-bond donors (Lipinski definition) is 2. The number of carboxylic acid groups (broad SMARTS) is 1. The fraction of sp³-hybridized carbons (Fsp3) is 0.267. The van der Waals surface area contributed by atoms with Crippen LogP contribution in [-0.2, 0) is 9.53 Å². The van der Waals surface area contributed by atoms with Crippen LogP contribution in [0.2, 0.25) is 0 Å². The number of ether oxygens (including phenoxy) is 1. The first-order valence-electron chi connectivity index (χ1n) is 6.91. The van der Waals surface area contributed by atoms with E-state index in [1.165, 1.54) is 12.3 Å². The van der Waals surface area contributed by atoms with Crippen LogP contribution in [0.5, 0.6) is 0 Å². The van der Waals surface area contributed by atoms with Gasteiger partial charge >= 0.3 is 11.9 Å². The van der Waals surface area contributed by atoms with E-state index in [-0.39, 0.29) is 17.9 Å². The summed E-state index contributed by atoms with van der Waals surface area (Å²) in [6, 6.07) is 1.88. The quantitative estimate of drug-likeness (QED) is 0.628. The van der Waals surface area contributed by atoms with Crippen LogP contribution >= 0.6 is 31.9 Å². The Kier molecular flexibility index (Phi) is 6.00. The molecule has 0 aliphatic heterocycles. The summed E-state index contributed by atoms with van der Waals surface area (Å²) in [4.78, 5) is 27.6. The highest BCUT2D eigenvalue weighted by Crippen LogP contribution is 2.29. The minimum atomic E-state index is -1.21. The number of carbonyl (C=O) groups excluding carboxylic acids is 1. The molecule has 2 N–H and O–H groups in total. The number of hydrogen-bond acceptors (Lipinski definition) is 6. The number of halogens is 2. The van der Waals surface area contributed by atoms with Gasteiger partial charge in [-0.3, -0.25) is 0 Å². The van der Waals surface area contributed by atoms with Gasteiger partial charge in [-0.05, 0) is 57.8 Å². The number of esters is 1. The minimum absolute atomic E-state index is 0.0830. The number of aryl methyl sites for hydroxylation is 1. The van der Waals surface area contributed by atoms with Gasteiger partial charge in [0.25, 0.3) is 0 Å². The Labute approximate surface area is 154 Å². The van der Waals surface area contributed by atoms with Crippen molar-refractivity contribution < 1.29 is 23.8 Å². The highest BCUT2D eigenvalue weighted by Gasteiger charge is 2.27. The number of rotatable bonds is 6. The number of nitrogens with one attached hydrogen (secondary N) is 1. The SMILES string of the molecule is CCOC(=O)c1cc(C(Nc2ncc(Br)cc2Br)C(=O)O)oc1C. The third kappa shape index (κ3) is 4.15. The maximum atomic E-state index is 11.8. The molecule has 0 spiro atoms. The Morgan fingerprint density at radius 2 is 2.12 bits per heavy atom. The molecule has 2 aromatic rings. The highest BCUT2D eigenvalue weighted by atomic mass is 79.9. The van der Waals surface area contributed by atoms with Crippen LogP contribution in [0.15, 0.2) is 31.7 Å². The van der Waals surface area contributed by atoms with Crippen LogP contribution in [0.3, 0.4) is 0 Å². The molecule has 1 atom stereocenters. The van der Waals surface area contributed by atoms with E-state index < -0.39 is 18.0 Å². The summed E-state index contributed by atoms with van der Waals surface area (Å²) in [5.74, 6) is -1.02. The van der Waals surface area contributed by atoms with Crippen LogP contribution < -0.4 is 5.32 Å². The van der Waals surface area contributed by atoms with Gasteiger partial charge in [-0.25, -0.2) is 14.6 Å². The highest BCUT2D eigenvalue weighted by molar-refractivity contribution is 9.11. The maximum Gasteiger partial charge on any atom is 0.341 e. The standard InChI is InChI=1S/C15H14Br2N2O5/c1-3-23-15(22)9-5-11(24-7(9)2)12(14(20)21)19-13-10(17)4-8(16)6-18-13/h4-6,12H,3H2,1-2H3,(H,18,19)(H,20,21). The molecule has 0 aliphatic rings. The summed E-state index contributed by atoms with van der Waals surface area (Å²) in [5.41, 5.74) is 0.197. The van der Waals surface area contributed by atoms with Crippen LogP contribution in [0.4, 0.5) is 5.82 Å². The first-order chi connectivity index (χ1) is 11.3. The Morgan fingerprint density at radius 1 is 1.42 bits per heavy atom. The molecule has 24 heavy (non-hydrogen) atoms. The first-order valence-corrected chi connectivity index (χ1v) is 8.50. The van der Waals surface area contributed by atoms with Crippen LogP contribution in [0.25, 0.3) is 0 Å². The Morgan fingerprint density at radius 3 is 2.71 bits per heavy atom. The lowest BCUT2D eigenvalue weighted by molar-refractivity contribution is -0.138. The van der Waals surface area contributed by atoms with Crippen LogP contribution in [-0.4, -0.2) is 28.6 Å². The van der Waals surface area contributed by atoms with Gasteiger partial charge < -0.3 is 19.6 Å². The first kappa shape index (κ1) is 18.5. The van der Waals surface area contributed by atoms with Gasteiger partial charge in [-0.1, -0.05) is 0 Å². The van der Waals surface area contributed by atoms with Crippen LogP contribution in [0, 0.1) is 6.92 Å². The fourth-order valence-electron chi connectivity index (χ4n) is 1.97. The number of carbonyl (C=O) groups is 2. The van der Waals surface area contributed by atoms with E-state index in [9.17, 15) is 14.7 Å². The Bertz CT molecular complexity index is 775. The van der Waals surface area contributed by atoms with E-state index in [0.29, 0.717) is 16.1 Å². The molecule has 0 amide bonds. The number of carboxylic acids is 1. The zero-order valence-electron chi connectivity index (χ0n) is 12.8. The van der Waals surface area contributed by atoms with E-state index in [4.69, 9.17) is 9.15 Å². The van der Waals surface area contributed by atoms with Gasteiger partial charge in [-0.2, -0.15) is 0 Å². The van der Waals surface area contributed by atoms with Crippen molar-refractivity contribution in [3.8, 4) is 0 Å². The zero-order chi connectivity index (χ0) is 17.9. The molecule has 9 heteroatoms. The molecule has 2 rings (SSSR count). The van der Waals surface area contributed by atoms with Crippen molar-refractivity contribution in [2.24, 2.45) is 0 Å². The summed E-state index contributed by atoms with van der Waals surface area (Å²) in [5, 5.41) is 12.3. The normalized spacial score (nSPS) is 11.8. The molecule has 0 saturated heterocycles. The van der Waals surface area contributed by atoms with E-state index in [2.05, 4.69) is 42.2 Å². The minimum Gasteiger partial charge on any atom is -0.479 e. The van der Waals surface area contributed by atoms with Gasteiger partial charge in [0.15, 0.2) is 6.04 Å². The topological polar surface area (TPSA) is 102 Å². The molecule has 0 fully saturated rings. The van der Waals surface area contributed by atoms with Gasteiger partial charge in [0.05, 0.1) is 11.1 Å². The van der Waals surface area contributed by atoms with E-state index in [0.717, 1.165) is 4.47 Å². The molecule has 2 aromatic heterocycles. The summed E-state index contributed by atoms with van der Waals surface area (Å²) >= 11 is 6.58. The lowest BCUT2D eigenvalue weighted by Crippen LogP contribution is -2.20. The van der Waals surface area contributed by atoms with E-state index in [1.807, 2.05) is 0 Å². The number of furan rings is 1. The molecule has 1 unspecified atom stereocenters. The molecule has 0 radical (unpaired) electrons. The molecule has 128 valence electrons. The molecule has 0 aromatic carbocycles. The third-order valence-electron chi connectivity index (χ3n) is 3.05. The third-order valence-corrected chi connectivity index (χ3v) is 4.09. The van der Waals surface area contributed by atoms with Gasteiger partial charge in [0, 0.05) is 10.7 Å². The number of aliphatic carboxylic acids is 1. The van der Waals surface area contributed by atoms with Crippen molar-refractivity contribution in [2.45, 2.75) is 19.9 Å². The van der Waals surface area contributed by atoms with Gasteiger partial charge in [0.2, 0.25) is 0 Å². The number of nitrogens with zero attached hydrogens (tertiary/aromatic N) is 1. The largest absolute Gasteiger partial charge is 0.479 e.